The number of aryl methyl sites for hydroxylation is 1. The van der Waals surface area contributed by atoms with Crippen molar-refractivity contribution in [2.45, 2.75) is 71.7 Å². The summed E-state index contributed by atoms with van der Waals surface area (Å²) in [6.45, 7) is 9.63. The molecule has 2 aliphatic rings. The van der Waals surface area contributed by atoms with E-state index in [1.54, 1.807) is 11.3 Å². The highest BCUT2D eigenvalue weighted by Crippen LogP contribution is 2.28. The molecule has 0 spiro atoms. The van der Waals surface area contributed by atoms with Crippen molar-refractivity contribution in [3.63, 3.8) is 0 Å². The normalized spacial score (nSPS) is 20.8. The van der Waals surface area contributed by atoms with E-state index in [-0.39, 0.29) is 43.1 Å². The Balaban J connectivity index is 1.37. The summed E-state index contributed by atoms with van der Waals surface area (Å²) in [6.07, 6.45) is 6.57. The third-order valence-corrected chi connectivity index (χ3v) is 8.88. The van der Waals surface area contributed by atoms with E-state index in [1.807, 2.05) is 62.4 Å². The minimum Gasteiger partial charge on any atom is -0.391 e. The molecular weight excluding hydrogens is 538 g/mol. The molecule has 10 heteroatoms. The van der Waals surface area contributed by atoms with Crippen LogP contribution in [0.5, 0.6) is 0 Å². The summed E-state index contributed by atoms with van der Waals surface area (Å²) in [7, 11) is 0. The largest absolute Gasteiger partial charge is 0.391 e. The van der Waals surface area contributed by atoms with Crippen LogP contribution in [-0.4, -0.2) is 82.0 Å². The van der Waals surface area contributed by atoms with Crippen LogP contribution in [0.4, 0.5) is 0 Å². The summed E-state index contributed by atoms with van der Waals surface area (Å²) in [5.74, 6) is 2.10. The van der Waals surface area contributed by atoms with E-state index in [4.69, 9.17) is 6.42 Å². The van der Waals surface area contributed by atoms with Crippen molar-refractivity contribution in [3.8, 4) is 22.8 Å². The third kappa shape index (κ3) is 7.73. The van der Waals surface area contributed by atoms with Crippen molar-refractivity contribution in [3.05, 3.63) is 41.0 Å². The average Bonchev–Trinajstić information content (AvgIpc) is 3.55. The second kappa shape index (κ2) is 13.1. The molecule has 2 fully saturated rings. The molecule has 0 saturated carbocycles. The zero-order chi connectivity index (χ0) is 29.7. The molecule has 9 nitrogen and oxygen atoms in total. The number of hydrogen-bond donors (Lipinski definition) is 3. The van der Waals surface area contributed by atoms with Crippen LogP contribution in [0, 0.1) is 30.6 Å². The summed E-state index contributed by atoms with van der Waals surface area (Å²) in [4.78, 5) is 48.9. The topological polar surface area (TPSA) is 115 Å². The number of nitrogens with one attached hydrogen (secondary N) is 2. The van der Waals surface area contributed by atoms with Gasteiger partial charge in [0.1, 0.15) is 12.1 Å². The molecule has 0 radical (unpaired) electrons. The van der Waals surface area contributed by atoms with E-state index >= 15 is 0 Å². The molecule has 3 N–H and O–H groups in total. The van der Waals surface area contributed by atoms with Gasteiger partial charge in [0.15, 0.2) is 0 Å². The number of aliphatic hydroxyl groups excluding tert-OH is 1. The van der Waals surface area contributed by atoms with Crippen LogP contribution in [0.3, 0.4) is 0 Å². The number of thiazole rings is 1. The van der Waals surface area contributed by atoms with Gasteiger partial charge in [-0.2, -0.15) is 0 Å². The van der Waals surface area contributed by atoms with Crippen LogP contribution in [0.2, 0.25) is 0 Å². The van der Waals surface area contributed by atoms with E-state index in [9.17, 15) is 19.5 Å². The fourth-order valence-electron chi connectivity index (χ4n) is 5.45. The molecule has 2 saturated heterocycles. The lowest BCUT2D eigenvalue weighted by atomic mass is 9.85. The number of amides is 3. The second-order valence-corrected chi connectivity index (χ2v) is 13.0. The quantitative estimate of drug-likeness (QED) is 0.414. The number of rotatable bonds is 8. The highest BCUT2D eigenvalue weighted by molar-refractivity contribution is 7.13. The maximum Gasteiger partial charge on any atom is 0.246 e. The lowest BCUT2D eigenvalue weighted by Gasteiger charge is -2.36. The summed E-state index contributed by atoms with van der Waals surface area (Å²) in [5.41, 5.74) is 4.20. The van der Waals surface area contributed by atoms with Crippen LogP contribution in [0.15, 0.2) is 29.8 Å². The Bertz CT molecular complexity index is 1270. The molecule has 4 rings (SSSR count). The van der Waals surface area contributed by atoms with Crippen LogP contribution < -0.4 is 10.6 Å². The van der Waals surface area contributed by atoms with Gasteiger partial charge in [0.25, 0.3) is 0 Å². The smallest absolute Gasteiger partial charge is 0.246 e. The molecule has 41 heavy (non-hydrogen) atoms. The fourth-order valence-corrected chi connectivity index (χ4v) is 6.26. The Hall–Kier alpha value is -3.26. The van der Waals surface area contributed by atoms with Crippen molar-refractivity contribution < 1.29 is 19.5 Å². The standard InChI is InChI=1S/C31H41N5O4S/c1-6-21-11-13-35(14-12-21)18-26(38)34-28(31(3,4)5)30(40)36-17-24(37)15-25(36)29(39)32-16-22-7-9-23(10-8-22)27-20(2)33-19-41-27/h1,7-10,19,21,24-25,28,37H,11-18H2,2-5H3,(H,32,39)(H,34,38)/t24-,25+,28?/m1/s1. The molecule has 2 aromatic rings. The number of carbonyl (C=O) groups excluding carboxylic acids is 3. The molecule has 1 unspecified atom stereocenters. The first-order valence-corrected chi connectivity index (χ1v) is 15.1. The van der Waals surface area contributed by atoms with Gasteiger partial charge in [0.05, 0.1) is 28.7 Å². The monoisotopic (exact) mass is 579 g/mol. The average molecular weight is 580 g/mol. The maximum absolute atomic E-state index is 13.8. The third-order valence-electron chi connectivity index (χ3n) is 7.90. The molecule has 0 bridgehead atoms. The van der Waals surface area contributed by atoms with Crippen LogP contribution >= 0.6 is 11.3 Å². The molecule has 0 aliphatic carbocycles. The zero-order valence-electron chi connectivity index (χ0n) is 24.4. The molecular formula is C31H41N5O4S. The number of hydrogen-bond acceptors (Lipinski definition) is 7. The number of terminal acetylenes is 1. The highest BCUT2D eigenvalue weighted by Gasteiger charge is 2.44. The first-order chi connectivity index (χ1) is 19.5. The number of β-amino-alcohol motifs (C(OH)–C–C–N with tert-alkyl or cyclic N) is 1. The van der Waals surface area contributed by atoms with Gasteiger partial charge in [-0.15, -0.1) is 23.7 Å². The number of benzene rings is 1. The van der Waals surface area contributed by atoms with Crippen LogP contribution in [0.25, 0.3) is 10.4 Å². The predicted octanol–water partition coefficient (Wildman–Crippen LogP) is 2.57. The first-order valence-electron chi connectivity index (χ1n) is 14.2. The number of nitrogens with zero attached hydrogens (tertiary/aromatic N) is 3. The van der Waals surface area contributed by atoms with Gasteiger partial charge < -0.3 is 20.6 Å². The fraction of sp³-hybridized carbons (Fsp3) is 0.548. The number of piperidine rings is 1. The summed E-state index contributed by atoms with van der Waals surface area (Å²) >= 11 is 1.59. The Morgan fingerprint density at radius 3 is 2.46 bits per heavy atom. The first kappa shape index (κ1) is 30.7. The summed E-state index contributed by atoms with van der Waals surface area (Å²) in [5, 5.41) is 16.3. The zero-order valence-corrected chi connectivity index (χ0v) is 25.2. The lowest BCUT2D eigenvalue weighted by Crippen LogP contribution is -2.58. The van der Waals surface area contributed by atoms with E-state index in [0.29, 0.717) is 6.54 Å². The van der Waals surface area contributed by atoms with Crippen LogP contribution in [0.1, 0.15) is 51.3 Å². The molecule has 1 aromatic heterocycles. The van der Waals surface area contributed by atoms with E-state index in [1.165, 1.54) is 4.90 Å². The molecule has 2 aliphatic heterocycles. The van der Waals surface area contributed by atoms with Gasteiger partial charge in [-0.05, 0) is 49.4 Å². The number of likely N-dealkylation sites (tertiary alicyclic amines) is 2. The van der Waals surface area contributed by atoms with Crippen molar-refractivity contribution in [1.82, 2.24) is 25.4 Å². The van der Waals surface area contributed by atoms with Gasteiger partial charge in [-0.25, -0.2) is 4.98 Å². The highest BCUT2D eigenvalue weighted by atomic mass is 32.1. The molecule has 3 amide bonds. The van der Waals surface area contributed by atoms with Gasteiger partial charge >= 0.3 is 0 Å². The Kier molecular flexibility index (Phi) is 9.84. The van der Waals surface area contributed by atoms with Gasteiger partial charge in [0, 0.05) is 25.4 Å². The van der Waals surface area contributed by atoms with Gasteiger partial charge in [0.2, 0.25) is 17.7 Å². The Morgan fingerprint density at radius 2 is 1.88 bits per heavy atom. The van der Waals surface area contributed by atoms with Gasteiger partial charge in [-0.1, -0.05) is 45.0 Å². The summed E-state index contributed by atoms with van der Waals surface area (Å²) in [6, 6.07) is 6.27. The molecule has 3 heterocycles. The SMILES string of the molecule is C#CC1CCN(CC(=O)NC(C(=O)N2C[C@H](O)C[C@H]2C(=O)NCc2ccc(-c3scnc3C)cc2)C(C)(C)C)CC1. The number of aliphatic hydroxyl groups is 1. The van der Waals surface area contributed by atoms with E-state index < -0.39 is 23.6 Å². The van der Waals surface area contributed by atoms with Crippen molar-refractivity contribution >= 4 is 29.1 Å². The number of carbonyl (C=O) groups is 3. The molecule has 1 aromatic carbocycles. The Morgan fingerprint density at radius 1 is 1.20 bits per heavy atom. The minimum atomic E-state index is -0.846. The van der Waals surface area contributed by atoms with Crippen molar-refractivity contribution in [2.24, 2.45) is 11.3 Å². The second-order valence-electron chi connectivity index (χ2n) is 12.2. The molecule has 3 atom stereocenters. The van der Waals surface area contributed by atoms with Crippen molar-refractivity contribution in [2.75, 3.05) is 26.2 Å². The van der Waals surface area contributed by atoms with Gasteiger partial charge in [-0.3, -0.25) is 19.3 Å². The predicted molar refractivity (Wildman–Crippen MR) is 160 cm³/mol. The van der Waals surface area contributed by atoms with E-state index in [0.717, 1.165) is 47.6 Å². The summed E-state index contributed by atoms with van der Waals surface area (Å²) < 4.78 is 0. The van der Waals surface area contributed by atoms with Crippen LogP contribution in [-0.2, 0) is 20.9 Å². The van der Waals surface area contributed by atoms with Crippen molar-refractivity contribution in [1.29, 1.82) is 0 Å². The maximum atomic E-state index is 13.8. The number of aromatic nitrogens is 1. The Labute approximate surface area is 246 Å². The van der Waals surface area contributed by atoms with E-state index in [2.05, 4.69) is 21.5 Å². The minimum absolute atomic E-state index is 0.0435. The lowest BCUT2D eigenvalue weighted by molar-refractivity contribution is -0.144. The molecule has 220 valence electrons.